The van der Waals surface area contributed by atoms with Gasteiger partial charge >= 0.3 is 11.9 Å². The second kappa shape index (κ2) is 14.3. The Hall–Kier alpha value is -3.34. The van der Waals surface area contributed by atoms with Crippen LogP contribution in [0.1, 0.15) is 87.0 Å². The number of thiazole rings is 1. The fourth-order valence-corrected chi connectivity index (χ4v) is 5.24. The molecule has 3 rings (SSSR count). The molecule has 1 aliphatic rings. The summed E-state index contributed by atoms with van der Waals surface area (Å²) in [4.78, 5) is 53.5. The van der Waals surface area contributed by atoms with E-state index in [9.17, 15) is 28.7 Å². The molecule has 4 unspecified atom stereocenters. The van der Waals surface area contributed by atoms with E-state index in [1.54, 1.807) is 24.4 Å². The van der Waals surface area contributed by atoms with Gasteiger partial charge < -0.3 is 20.5 Å². The molecule has 1 aromatic carbocycles. The molecule has 0 aliphatic heterocycles. The molecule has 40 heavy (non-hydrogen) atoms. The maximum Gasteiger partial charge on any atom is 0.306 e. The first-order valence-corrected chi connectivity index (χ1v) is 14.5. The molecule has 4 atom stereocenters. The van der Waals surface area contributed by atoms with Crippen molar-refractivity contribution >= 4 is 35.1 Å². The Morgan fingerprint density at radius 1 is 1.10 bits per heavy atom. The Kier molecular flexibility index (Phi) is 11.2. The number of aliphatic carboxylic acids is 1. The van der Waals surface area contributed by atoms with Crippen LogP contribution in [0.5, 0.6) is 0 Å². The van der Waals surface area contributed by atoms with Gasteiger partial charge in [-0.2, -0.15) is 0 Å². The first-order valence-electron chi connectivity index (χ1n) is 13.6. The van der Waals surface area contributed by atoms with Gasteiger partial charge in [-0.05, 0) is 55.2 Å². The van der Waals surface area contributed by atoms with E-state index >= 15 is 0 Å². The molecule has 0 radical (unpaired) electrons. The minimum Gasteiger partial charge on any atom is -0.481 e. The predicted molar refractivity (Wildman–Crippen MR) is 148 cm³/mol. The number of esters is 1. The van der Waals surface area contributed by atoms with Gasteiger partial charge in [0.15, 0.2) is 6.10 Å². The molecular formula is C29H38FN3O6S. The van der Waals surface area contributed by atoms with Gasteiger partial charge in [0.1, 0.15) is 16.5 Å². The Bertz CT molecular complexity index is 1180. The first kappa shape index (κ1) is 31.2. The average molecular weight is 576 g/mol. The van der Waals surface area contributed by atoms with Crippen molar-refractivity contribution in [1.82, 2.24) is 15.6 Å². The number of carbonyl (C=O) groups excluding carboxylic acids is 3. The molecule has 1 aliphatic carbocycles. The number of hydrogen-bond donors (Lipinski definition) is 3. The third-order valence-electron chi connectivity index (χ3n) is 6.92. The van der Waals surface area contributed by atoms with Crippen LogP contribution in [0.3, 0.4) is 0 Å². The molecule has 1 saturated carbocycles. The van der Waals surface area contributed by atoms with Crippen LogP contribution in [-0.2, 0) is 25.5 Å². The zero-order valence-corrected chi connectivity index (χ0v) is 24.1. The maximum absolute atomic E-state index is 13.3. The second-order valence-corrected chi connectivity index (χ2v) is 11.8. The highest BCUT2D eigenvalue weighted by Gasteiger charge is 2.30. The Morgan fingerprint density at radius 3 is 2.35 bits per heavy atom. The largest absolute Gasteiger partial charge is 0.481 e. The van der Waals surface area contributed by atoms with E-state index in [4.69, 9.17) is 4.74 Å². The quantitative estimate of drug-likeness (QED) is 0.263. The summed E-state index contributed by atoms with van der Waals surface area (Å²) >= 11 is 1.18. The lowest BCUT2D eigenvalue weighted by Gasteiger charge is -2.26. The van der Waals surface area contributed by atoms with E-state index in [2.05, 4.69) is 15.6 Å². The lowest BCUT2D eigenvalue weighted by Crippen LogP contribution is -2.40. The van der Waals surface area contributed by atoms with Crippen molar-refractivity contribution in [3.63, 3.8) is 0 Å². The number of halogens is 1. The summed E-state index contributed by atoms with van der Waals surface area (Å²) in [6.07, 6.45) is 2.67. The second-order valence-electron chi connectivity index (χ2n) is 10.9. The van der Waals surface area contributed by atoms with E-state index in [1.807, 2.05) is 13.8 Å². The summed E-state index contributed by atoms with van der Waals surface area (Å²) in [5.41, 5.74) is 0.865. The Labute approximate surface area is 237 Å². The zero-order valence-electron chi connectivity index (χ0n) is 23.3. The van der Waals surface area contributed by atoms with Crippen LogP contribution in [0.4, 0.5) is 4.39 Å². The van der Waals surface area contributed by atoms with E-state index in [1.165, 1.54) is 30.4 Å². The first-order chi connectivity index (χ1) is 18.9. The smallest absolute Gasteiger partial charge is 0.306 e. The number of rotatable bonds is 15. The molecule has 0 saturated heterocycles. The lowest BCUT2D eigenvalue weighted by molar-refractivity contribution is -0.147. The highest BCUT2D eigenvalue weighted by Crippen LogP contribution is 2.33. The number of hydrogen-bond acceptors (Lipinski definition) is 7. The fourth-order valence-electron chi connectivity index (χ4n) is 4.40. The topological polar surface area (TPSA) is 135 Å². The molecule has 0 spiro atoms. The molecule has 2 aromatic rings. The monoisotopic (exact) mass is 575 g/mol. The summed E-state index contributed by atoms with van der Waals surface area (Å²) in [5.74, 6) is -2.58. The number of nitrogens with zero attached hydrogens (tertiary/aromatic N) is 1. The highest BCUT2D eigenvalue weighted by molar-refractivity contribution is 7.09. The number of aromatic nitrogens is 1. The number of benzene rings is 1. The summed E-state index contributed by atoms with van der Waals surface area (Å²) < 4.78 is 18.9. The molecule has 9 nitrogen and oxygen atoms in total. The van der Waals surface area contributed by atoms with E-state index < -0.39 is 35.9 Å². The van der Waals surface area contributed by atoms with Gasteiger partial charge in [-0.1, -0.05) is 32.9 Å². The maximum atomic E-state index is 13.3. The molecule has 1 aromatic heterocycles. The van der Waals surface area contributed by atoms with Crippen molar-refractivity contribution in [2.24, 2.45) is 17.8 Å². The summed E-state index contributed by atoms with van der Waals surface area (Å²) in [7, 11) is 0. The van der Waals surface area contributed by atoms with E-state index in [0.717, 1.165) is 18.4 Å². The lowest BCUT2D eigenvalue weighted by atomic mass is 9.96. The minimum absolute atomic E-state index is 0.0234. The van der Waals surface area contributed by atoms with Gasteiger partial charge in [0, 0.05) is 37.2 Å². The molecule has 1 heterocycles. The number of carboxylic acid groups (broad SMARTS) is 1. The van der Waals surface area contributed by atoms with Crippen molar-refractivity contribution in [3.05, 3.63) is 51.7 Å². The summed E-state index contributed by atoms with van der Waals surface area (Å²) in [6, 6.07) is 5.03. The Morgan fingerprint density at radius 2 is 1.77 bits per heavy atom. The van der Waals surface area contributed by atoms with Crippen LogP contribution < -0.4 is 10.6 Å². The molecule has 2 amide bonds. The molecule has 11 heteroatoms. The average Bonchev–Trinajstić information content (AvgIpc) is 3.54. The number of nitrogens with one attached hydrogen (secondary N) is 2. The van der Waals surface area contributed by atoms with Crippen molar-refractivity contribution in [2.75, 3.05) is 0 Å². The van der Waals surface area contributed by atoms with Gasteiger partial charge in [-0.25, -0.2) is 9.37 Å². The van der Waals surface area contributed by atoms with Crippen molar-refractivity contribution in [3.8, 4) is 0 Å². The number of carbonyl (C=O) groups is 4. The zero-order chi connectivity index (χ0) is 29.4. The van der Waals surface area contributed by atoms with E-state index in [0.29, 0.717) is 30.2 Å². The summed E-state index contributed by atoms with van der Waals surface area (Å²) in [6.45, 7) is 6.82. The van der Waals surface area contributed by atoms with Crippen LogP contribution in [0.25, 0.3) is 0 Å². The third kappa shape index (κ3) is 10.0. The van der Waals surface area contributed by atoms with Crippen molar-refractivity contribution in [2.45, 2.75) is 84.4 Å². The Balaban J connectivity index is 1.73. The van der Waals surface area contributed by atoms with Crippen molar-refractivity contribution in [1.29, 1.82) is 0 Å². The molecule has 1 fully saturated rings. The molecule has 218 valence electrons. The predicted octanol–water partition coefficient (Wildman–Crippen LogP) is 4.67. The number of carboxylic acids is 1. The summed E-state index contributed by atoms with van der Waals surface area (Å²) in [5, 5.41) is 17.3. The van der Waals surface area contributed by atoms with Gasteiger partial charge in [0.05, 0.1) is 5.92 Å². The SMILES string of the molecule is CC(=O)OC(CC(NC(=O)CC1CC1)C(C)C)c1nc(C(=O)NC(Cc2ccc(F)cc2)CC(C)C(=O)O)cs1. The third-order valence-corrected chi connectivity index (χ3v) is 7.86. The van der Waals surface area contributed by atoms with Crippen molar-refractivity contribution < 1.29 is 33.4 Å². The van der Waals surface area contributed by atoms with Gasteiger partial charge in [-0.3, -0.25) is 19.2 Å². The normalized spacial score (nSPS) is 16.1. The molecule has 3 N–H and O–H groups in total. The highest BCUT2D eigenvalue weighted by atomic mass is 32.1. The van der Waals surface area contributed by atoms with Gasteiger partial charge in [-0.15, -0.1) is 11.3 Å². The van der Waals surface area contributed by atoms with Crippen LogP contribution in [0.15, 0.2) is 29.6 Å². The molecular weight excluding hydrogens is 537 g/mol. The van der Waals surface area contributed by atoms with Crippen LogP contribution >= 0.6 is 11.3 Å². The van der Waals surface area contributed by atoms with Gasteiger partial charge in [0.25, 0.3) is 5.91 Å². The van der Waals surface area contributed by atoms with Crippen LogP contribution in [0, 0.1) is 23.6 Å². The fraction of sp³-hybridized carbons (Fsp3) is 0.552. The van der Waals surface area contributed by atoms with Crippen LogP contribution in [-0.4, -0.2) is 45.9 Å². The number of amides is 2. The molecule has 0 bridgehead atoms. The number of ether oxygens (including phenoxy) is 1. The standard InChI is InChI=1S/C29H38FN3O6S/c1-16(2)23(32-26(35)13-20-5-6-20)14-25(39-18(4)34)28-33-24(15-40-28)27(36)31-22(11-17(3)29(37)38)12-19-7-9-21(30)10-8-19/h7-10,15-17,20,22-23,25H,5-6,11-14H2,1-4H3,(H,31,36)(H,32,35)(H,37,38). The van der Waals surface area contributed by atoms with E-state index in [-0.39, 0.29) is 35.8 Å². The minimum atomic E-state index is -0.984. The van der Waals surface area contributed by atoms with Gasteiger partial charge in [0.2, 0.25) is 5.91 Å². The van der Waals surface area contributed by atoms with Crippen LogP contribution in [0.2, 0.25) is 0 Å².